The van der Waals surface area contributed by atoms with Crippen molar-refractivity contribution >= 4 is 17.5 Å². The van der Waals surface area contributed by atoms with Gasteiger partial charge in [0.2, 0.25) is 0 Å². The van der Waals surface area contributed by atoms with Crippen LogP contribution in [0.3, 0.4) is 0 Å². The summed E-state index contributed by atoms with van der Waals surface area (Å²) in [6, 6.07) is 11.3. The number of nitrogens with one attached hydrogen (secondary N) is 1. The predicted molar refractivity (Wildman–Crippen MR) is 106 cm³/mol. The van der Waals surface area contributed by atoms with Crippen molar-refractivity contribution in [1.29, 1.82) is 0 Å². The quantitative estimate of drug-likeness (QED) is 0.680. The first-order valence-electron chi connectivity index (χ1n) is 8.66. The van der Waals surface area contributed by atoms with Crippen molar-refractivity contribution in [2.45, 2.75) is 6.42 Å². The molecule has 4 rings (SSSR count). The molecule has 0 unspecified atom stereocenters. The molecule has 0 saturated carbocycles. The molecule has 5 nitrogen and oxygen atoms in total. The molecule has 1 aromatic heterocycles. The third-order valence-corrected chi connectivity index (χ3v) is 4.71. The van der Waals surface area contributed by atoms with Crippen molar-refractivity contribution in [3.05, 3.63) is 77.6 Å². The van der Waals surface area contributed by atoms with Gasteiger partial charge in [0.15, 0.2) is 0 Å². The fraction of sp³-hybridized carbons (Fsp3) is 0.143. The maximum Gasteiger partial charge on any atom is 0.251 e. The van der Waals surface area contributed by atoms with Gasteiger partial charge in [-0.3, -0.25) is 9.36 Å². The molecule has 0 bridgehead atoms. The summed E-state index contributed by atoms with van der Waals surface area (Å²) in [6.07, 6.45) is 6.10. The van der Waals surface area contributed by atoms with Crippen molar-refractivity contribution in [3.8, 4) is 22.8 Å². The number of nitrogens with zero attached hydrogens (tertiary/aromatic N) is 2. The SMILES string of the molecule is C=CCOc1ccc(Cl)cc1-c1nccn1-c1ccc2c(c1)C(=O)NCC2. The summed E-state index contributed by atoms with van der Waals surface area (Å²) in [6.45, 7) is 4.75. The molecule has 27 heavy (non-hydrogen) atoms. The van der Waals surface area contributed by atoms with E-state index in [-0.39, 0.29) is 5.91 Å². The summed E-state index contributed by atoms with van der Waals surface area (Å²) in [5.74, 6) is 1.31. The lowest BCUT2D eigenvalue weighted by Gasteiger charge is -2.18. The molecule has 0 saturated heterocycles. The Kier molecular flexibility index (Phi) is 4.69. The molecule has 1 aliphatic rings. The van der Waals surface area contributed by atoms with Crippen LogP contribution in [0, 0.1) is 0 Å². The third-order valence-electron chi connectivity index (χ3n) is 4.48. The first kappa shape index (κ1) is 17.4. The molecule has 2 aromatic carbocycles. The number of halogens is 1. The number of hydrogen-bond acceptors (Lipinski definition) is 3. The first-order chi connectivity index (χ1) is 13.2. The predicted octanol–water partition coefficient (Wildman–Crippen LogP) is 4.04. The zero-order valence-electron chi connectivity index (χ0n) is 14.6. The van der Waals surface area contributed by atoms with Crippen LogP contribution in [0.4, 0.5) is 0 Å². The van der Waals surface area contributed by atoms with Gasteiger partial charge in [-0.25, -0.2) is 4.98 Å². The van der Waals surface area contributed by atoms with Crippen molar-refractivity contribution in [1.82, 2.24) is 14.9 Å². The smallest absolute Gasteiger partial charge is 0.251 e. The second-order valence-corrected chi connectivity index (χ2v) is 6.64. The van der Waals surface area contributed by atoms with E-state index in [1.807, 2.05) is 41.1 Å². The molecule has 0 spiro atoms. The molecule has 1 N–H and O–H groups in total. The minimum absolute atomic E-state index is 0.0440. The summed E-state index contributed by atoms with van der Waals surface area (Å²) in [7, 11) is 0. The maximum absolute atomic E-state index is 12.2. The second kappa shape index (κ2) is 7.29. The van der Waals surface area contributed by atoms with Crippen molar-refractivity contribution in [2.75, 3.05) is 13.2 Å². The van der Waals surface area contributed by atoms with Crippen molar-refractivity contribution < 1.29 is 9.53 Å². The highest BCUT2D eigenvalue weighted by Crippen LogP contribution is 2.33. The highest BCUT2D eigenvalue weighted by atomic mass is 35.5. The average Bonchev–Trinajstić information content (AvgIpc) is 3.17. The first-order valence-corrected chi connectivity index (χ1v) is 9.03. The highest BCUT2D eigenvalue weighted by Gasteiger charge is 2.19. The van der Waals surface area contributed by atoms with Gasteiger partial charge >= 0.3 is 0 Å². The number of hydrogen-bond donors (Lipinski definition) is 1. The number of rotatable bonds is 5. The summed E-state index contributed by atoms with van der Waals surface area (Å²) in [5.41, 5.74) is 3.39. The molecule has 0 fully saturated rings. The Labute approximate surface area is 162 Å². The molecule has 0 radical (unpaired) electrons. The Balaban J connectivity index is 1.81. The van der Waals surface area contributed by atoms with E-state index in [2.05, 4.69) is 16.9 Å². The minimum Gasteiger partial charge on any atom is -0.489 e. The van der Waals surface area contributed by atoms with Crippen LogP contribution in [0.2, 0.25) is 5.02 Å². The van der Waals surface area contributed by atoms with E-state index in [9.17, 15) is 4.79 Å². The molecule has 3 aromatic rings. The van der Waals surface area contributed by atoms with Gasteiger partial charge in [-0.2, -0.15) is 0 Å². The Morgan fingerprint density at radius 1 is 1.26 bits per heavy atom. The summed E-state index contributed by atoms with van der Waals surface area (Å²) in [4.78, 5) is 16.7. The molecule has 0 atom stereocenters. The standard InChI is InChI=1S/C21H18ClN3O2/c1-2-11-27-19-6-4-15(22)12-18(19)20-23-9-10-25(20)16-5-3-14-7-8-24-21(26)17(14)13-16/h2-6,9-10,12-13H,1,7-8,11H2,(H,24,26). The molecule has 0 aliphatic carbocycles. The molecule has 136 valence electrons. The van der Waals surface area contributed by atoms with Crippen LogP contribution in [0.5, 0.6) is 5.75 Å². The van der Waals surface area contributed by atoms with Crippen LogP contribution in [0.25, 0.3) is 17.1 Å². The second-order valence-electron chi connectivity index (χ2n) is 6.21. The van der Waals surface area contributed by atoms with Gasteiger partial charge in [0.1, 0.15) is 18.2 Å². The molecule has 6 heteroatoms. The number of benzene rings is 2. The van der Waals surface area contributed by atoms with Crippen LogP contribution in [0.15, 0.2) is 61.4 Å². The lowest BCUT2D eigenvalue weighted by Crippen LogP contribution is -2.31. The van der Waals surface area contributed by atoms with Crippen LogP contribution in [-0.2, 0) is 6.42 Å². The minimum atomic E-state index is -0.0440. The number of amides is 1. The summed E-state index contributed by atoms with van der Waals surface area (Å²) >= 11 is 6.21. The lowest BCUT2D eigenvalue weighted by atomic mass is 9.99. The van der Waals surface area contributed by atoms with Crippen LogP contribution >= 0.6 is 11.6 Å². The fourth-order valence-electron chi connectivity index (χ4n) is 3.21. The molecule has 1 amide bonds. The van der Waals surface area contributed by atoms with Gasteiger partial charge < -0.3 is 10.1 Å². The van der Waals surface area contributed by atoms with Gasteiger partial charge in [-0.1, -0.05) is 30.3 Å². The largest absolute Gasteiger partial charge is 0.489 e. The number of carbonyl (C=O) groups excluding carboxylic acids is 1. The zero-order chi connectivity index (χ0) is 18.8. The third kappa shape index (κ3) is 3.34. The van der Waals surface area contributed by atoms with Gasteiger partial charge in [0.05, 0.1) is 5.56 Å². The average molecular weight is 380 g/mol. The number of carbonyl (C=O) groups is 1. The summed E-state index contributed by atoms with van der Waals surface area (Å²) in [5, 5.41) is 3.48. The Hall–Kier alpha value is -3.05. The van der Waals surface area contributed by atoms with E-state index < -0.39 is 0 Å². The van der Waals surface area contributed by atoms with Gasteiger partial charge in [0, 0.05) is 35.2 Å². The normalized spacial score (nSPS) is 13.0. The van der Waals surface area contributed by atoms with Gasteiger partial charge in [-0.15, -0.1) is 0 Å². The number of fused-ring (bicyclic) bond motifs is 1. The van der Waals surface area contributed by atoms with E-state index in [1.54, 1.807) is 18.3 Å². The molecule has 2 heterocycles. The Morgan fingerprint density at radius 3 is 3.00 bits per heavy atom. The number of ether oxygens (including phenoxy) is 1. The topological polar surface area (TPSA) is 56.2 Å². The monoisotopic (exact) mass is 379 g/mol. The van der Waals surface area contributed by atoms with Gasteiger partial charge in [-0.05, 0) is 42.3 Å². The van der Waals surface area contributed by atoms with E-state index in [1.165, 1.54) is 0 Å². The zero-order valence-corrected chi connectivity index (χ0v) is 15.4. The number of aromatic nitrogens is 2. The van der Waals surface area contributed by atoms with Crippen LogP contribution in [-0.4, -0.2) is 28.6 Å². The van der Waals surface area contributed by atoms with Gasteiger partial charge in [0.25, 0.3) is 5.91 Å². The fourth-order valence-corrected chi connectivity index (χ4v) is 3.38. The van der Waals surface area contributed by atoms with E-state index >= 15 is 0 Å². The molecular formula is C21H18ClN3O2. The number of imidazole rings is 1. The lowest BCUT2D eigenvalue weighted by molar-refractivity contribution is 0.0946. The van der Waals surface area contributed by atoms with E-state index in [4.69, 9.17) is 16.3 Å². The maximum atomic E-state index is 12.2. The van der Waals surface area contributed by atoms with E-state index in [0.29, 0.717) is 35.3 Å². The highest BCUT2D eigenvalue weighted by molar-refractivity contribution is 6.30. The summed E-state index contributed by atoms with van der Waals surface area (Å²) < 4.78 is 7.69. The Bertz CT molecular complexity index is 1030. The van der Waals surface area contributed by atoms with Crippen molar-refractivity contribution in [3.63, 3.8) is 0 Å². The van der Waals surface area contributed by atoms with Crippen LogP contribution in [0.1, 0.15) is 15.9 Å². The van der Waals surface area contributed by atoms with Crippen molar-refractivity contribution in [2.24, 2.45) is 0 Å². The Morgan fingerprint density at radius 2 is 2.15 bits per heavy atom. The molecular weight excluding hydrogens is 362 g/mol. The van der Waals surface area contributed by atoms with E-state index in [0.717, 1.165) is 23.2 Å². The molecule has 1 aliphatic heterocycles. The van der Waals surface area contributed by atoms with Crippen LogP contribution < -0.4 is 10.1 Å².